The lowest BCUT2D eigenvalue weighted by Crippen LogP contribution is -2.39. The molecule has 0 radical (unpaired) electrons. The molecule has 1 aromatic carbocycles. The van der Waals surface area contributed by atoms with Crippen molar-refractivity contribution in [2.45, 2.75) is 20.0 Å². The maximum Gasteiger partial charge on any atom is 0.239 e. The number of rotatable bonds is 7. The maximum absolute atomic E-state index is 12.1. The Morgan fingerprint density at radius 2 is 1.88 bits per heavy atom. The quantitative estimate of drug-likeness (QED) is 0.841. The number of hydrogen-bond acceptors (Lipinski definition) is 4. The Morgan fingerprint density at radius 1 is 1.17 bits per heavy atom. The van der Waals surface area contributed by atoms with Crippen LogP contribution in [0, 0.1) is 0 Å². The van der Waals surface area contributed by atoms with Gasteiger partial charge in [0, 0.05) is 38.0 Å². The number of ether oxygens (including phenoxy) is 1. The average molecular weight is 327 g/mol. The third kappa shape index (κ3) is 5.08. The summed E-state index contributed by atoms with van der Waals surface area (Å²) in [6.07, 6.45) is 3.34. The second-order valence-corrected chi connectivity index (χ2v) is 5.32. The molecule has 2 aromatic rings. The van der Waals surface area contributed by atoms with Crippen molar-refractivity contribution >= 4 is 11.8 Å². The van der Waals surface area contributed by atoms with Crippen molar-refractivity contribution in [3.05, 3.63) is 59.9 Å². The highest BCUT2D eigenvalue weighted by atomic mass is 16.5. The minimum absolute atomic E-state index is 0.00152. The number of nitrogens with zero attached hydrogens (tertiary/aromatic N) is 2. The van der Waals surface area contributed by atoms with Crippen molar-refractivity contribution in [3.63, 3.8) is 0 Å². The first kappa shape index (κ1) is 17.5. The topological polar surface area (TPSA) is 71.5 Å². The van der Waals surface area contributed by atoms with Crippen LogP contribution < -0.4 is 10.1 Å². The summed E-state index contributed by atoms with van der Waals surface area (Å²) >= 11 is 0. The minimum Gasteiger partial charge on any atom is -0.496 e. The Hall–Kier alpha value is -2.89. The van der Waals surface area contributed by atoms with E-state index in [2.05, 4.69) is 10.3 Å². The first-order chi connectivity index (χ1) is 11.6. The largest absolute Gasteiger partial charge is 0.496 e. The maximum atomic E-state index is 12.1. The van der Waals surface area contributed by atoms with E-state index >= 15 is 0 Å². The van der Waals surface area contributed by atoms with E-state index in [4.69, 9.17) is 4.74 Å². The van der Waals surface area contributed by atoms with Crippen LogP contribution in [0.5, 0.6) is 5.75 Å². The van der Waals surface area contributed by atoms with E-state index < -0.39 is 0 Å². The van der Waals surface area contributed by atoms with E-state index in [1.54, 1.807) is 19.5 Å². The molecular weight excluding hydrogens is 306 g/mol. The number of nitrogens with one attached hydrogen (secondary N) is 1. The summed E-state index contributed by atoms with van der Waals surface area (Å²) < 4.78 is 5.29. The molecule has 2 rings (SSSR count). The molecule has 24 heavy (non-hydrogen) atoms. The zero-order valence-electron chi connectivity index (χ0n) is 13.9. The van der Waals surface area contributed by atoms with Crippen LogP contribution in [-0.2, 0) is 22.7 Å². The monoisotopic (exact) mass is 327 g/mol. The third-order valence-electron chi connectivity index (χ3n) is 3.57. The van der Waals surface area contributed by atoms with Gasteiger partial charge in [-0.3, -0.25) is 14.6 Å². The van der Waals surface area contributed by atoms with E-state index in [9.17, 15) is 9.59 Å². The first-order valence-electron chi connectivity index (χ1n) is 7.63. The molecule has 0 unspecified atom stereocenters. The van der Waals surface area contributed by atoms with Crippen molar-refractivity contribution in [3.8, 4) is 5.75 Å². The highest BCUT2D eigenvalue weighted by Gasteiger charge is 2.15. The first-order valence-corrected chi connectivity index (χ1v) is 7.63. The Morgan fingerprint density at radius 3 is 2.54 bits per heavy atom. The molecule has 126 valence electrons. The predicted octanol–water partition coefficient (Wildman–Crippen LogP) is 1.76. The van der Waals surface area contributed by atoms with Gasteiger partial charge in [-0.2, -0.15) is 0 Å². The number of carbonyl (C=O) groups is 2. The molecular formula is C18H21N3O3. The fourth-order valence-corrected chi connectivity index (χ4v) is 2.25. The van der Waals surface area contributed by atoms with Crippen LogP contribution in [0.15, 0.2) is 48.8 Å². The van der Waals surface area contributed by atoms with Crippen LogP contribution in [0.3, 0.4) is 0 Å². The molecule has 1 aromatic heterocycles. The highest BCUT2D eigenvalue weighted by molar-refractivity contribution is 5.83. The molecule has 0 aliphatic rings. The molecule has 0 fully saturated rings. The second kappa shape index (κ2) is 8.67. The summed E-state index contributed by atoms with van der Waals surface area (Å²) in [6.45, 7) is 2.17. The Balaban J connectivity index is 1.95. The Labute approximate surface area is 141 Å². The fourth-order valence-electron chi connectivity index (χ4n) is 2.25. The second-order valence-electron chi connectivity index (χ2n) is 5.32. The van der Waals surface area contributed by atoms with Crippen LogP contribution in [-0.4, -0.2) is 35.4 Å². The van der Waals surface area contributed by atoms with E-state index in [1.165, 1.54) is 11.8 Å². The smallest absolute Gasteiger partial charge is 0.239 e. The van der Waals surface area contributed by atoms with E-state index in [0.717, 1.165) is 11.1 Å². The van der Waals surface area contributed by atoms with Gasteiger partial charge in [-0.15, -0.1) is 0 Å². The average Bonchev–Trinajstić information content (AvgIpc) is 2.60. The van der Waals surface area contributed by atoms with Crippen molar-refractivity contribution in [1.82, 2.24) is 15.2 Å². The summed E-state index contributed by atoms with van der Waals surface area (Å²) in [5, 5.41) is 2.81. The number of aromatic nitrogens is 1. The van der Waals surface area contributed by atoms with E-state index in [0.29, 0.717) is 18.8 Å². The van der Waals surface area contributed by atoms with Gasteiger partial charge >= 0.3 is 0 Å². The van der Waals surface area contributed by atoms with Crippen LogP contribution in [0.25, 0.3) is 0 Å². The van der Waals surface area contributed by atoms with Crippen molar-refractivity contribution < 1.29 is 14.3 Å². The molecule has 0 spiro atoms. The lowest BCUT2D eigenvalue weighted by molar-refractivity contribution is -0.135. The fraction of sp³-hybridized carbons (Fsp3) is 0.278. The number of pyridine rings is 1. The number of amides is 2. The van der Waals surface area contributed by atoms with Crippen LogP contribution in [0.4, 0.5) is 0 Å². The molecule has 0 saturated carbocycles. The van der Waals surface area contributed by atoms with Gasteiger partial charge in [0.2, 0.25) is 11.8 Å². The molecule has 1 N–H and O–H groups in total. The molecule has 2 amide bonds. The number of benzene rings is 1. The Kier molecular flexibility index (Phi) is 6.31. The van der Waals surface area contributed by atoms with Gasteiger partial charge < -0.3 is 15.0 Å². The number of carbonyl (C=O) groups excluding carboxylic acids is 2. The summed E-state index contributed by atoms with van der Waals surface area (Å²) in [4.78, 5) is 29.4. The van der Waals surface area contributed by atoms with Crippen molar-refractivity contribution in [2.75, 3.05) is 13.7 Å². The van der Waals surface area contributed by atoms with Gasteiger partial charge in [0.25, 0.3) is 0 Å². The lowest BCUT2D eigenvalue weighted by Gasteiger charge is -2.21. The van der Waals surface area contributed by atoms with Gasteiger partial charge in [-0.05, 0) is 23.8 Å². The normalized spacial score (nSPS) is 10.1. The molecule has 1 heterocycles. The molecule has 6 heteroatoms. The van der Waals surface area contributed by atoms with Crippen molar-refractivity contribution in [2.24, 2.45) is 0 Å². The summed E-state index contributed by atoms with van der Waals surface area (Å²) in [7, 11) is 1.58. The standard InChI is InChI=1S/C18H21N3O3/c1-14(22)21(12-16-5-3-4-6-17(16)24-2)13-18(23)20-11-15-7-9-19-10-8-15/h3-10H,11-13H2,1-2H3,(H,20,23). The summed E-state index contributed by atoms with van der Waals surface area (Å²) in [5.41, 5.74) is 1.81. The zero-order valence-corrected chi connectivity index (χ0v) is 13.9. The molecule has 0 aliphatic heterocycles. The summed E-state index contributed by atoms with van der Waals surface area (Å²) in [5.74, 6) is 0.317. The highest BCUT2D eigenvalue weighted by Crippen LogP contribution is 2.19. The molecule has 0 atom stereocenters. The molecule has 0 saturated heterocycles. The van der Waals surface area contributed by atoms with Crippen LogP contribution in [0.2, 0.25) is 0 Å². The van der Waals surface area contributed by atoms with Gasteiger partial charge in [0.15, 0.2) is 0 Å². The minimum atomic E-state index is -0.211. The number of methoxy groups -OCH3 is 1. The van der Waals surface area contributed by atoms with Crippen molar-refractivity contribution in [1.29, 1.82) is 0 Å². The predicted molar refractivity (Wildman–Crippen MR) is 90.2 cm³/mol. The molecule has 0 bridgehead atoms. The SMILES string of the molecule is COc1ccccc1CN(CC(=O)NCc1ccncc1)C(C)=O. The van der Waals surface area contributed by atoms with Gasteiger partial charge in [0.1, 0.15) is 5.75 Å². The van der Waals surface area contributed by atoms with E-state index in [-0.39, 0.29) is 18.4 Å². The zero-order chi connectivity index (χ0) is 17.4. The van der Waals surface area contributed by atoms with Crippen LogP contribution in [0.1, 0.15) is 18.1 Å². The van der Waals surface area contributed by atoms with Crippen LogP contribution >= 0.6 is 0 Å². The van der Waals surface area contributed by atoms with Gasteiger partial charge in [-0.1, -0.05) is 18.2 Å². The lowest BCUT2D eigenvalue weighted by atomic mass is 10.2. The molecule has 6 nitrogen and oxygen atoms in total. The Bertz CT molecular complexity index is 689. The number of hydrogen-bond donors (Lipinski definition) is 1. The summed E-state index contributed by atoms with van der Waals surface area (Å²) in [6, 6.07) is 11.1. The van der Waals surface area contributed by atoms with E-state index in [1.807, 2.05) is 36.4 Å². The number of para-hydroxylation sites is 1. The third-order valence-corrected chi connectivity index (χ3v) is 3.57. The van der Waals surface area contributed by atoms with Gasteiger partial charge in [-0.25, -0.2) is 0 Å². The van der Waals surface area contributed by atoms with Gasteiger partial charge in [0.05, 0.1) is 13.7 Å². The molecule has 0 aliphatic carbocycles.